The normalized spacial score (nSPS) is 10.8. The van der Waals surface area contributed by atoms with Crippen molar-refractivity contribution < 1.29 is 9.72 Å². The van der Waals surface area contributed by atoms with E-state index in [0.717, 1.165) is 5.69 Å². The molecule has 0 saturated heterocycles. The Balaban J connectivity index is 2.00. The van der Waals surface area contributed by atoms with Crippen molar-refractivity contribution in [1.82, 2.24) is 9.99 Å². The second kappa shape index (κ2) is 6.86. The SMILES string of the molecule is Cn1cccc1CC(=O)N/N=C/c1cc([N+](=O)[O-])ccc1Cl. The summed E-state index contributed by atoms with van der Waals surface area (Å²) in [4.78, 5) is 21.9. The molecule has 1 aromatic heterocycles. The Morgan fingerprint density at radius 3 is 2.91 bits per heavy atom. The van der Waals surface area contributed by atoms with Crippen LogP contribution in [0.3, 0.4) is 0 Å². The van der Waals surface area contributed by atoms with Crippen molar-refractivity contribution in [1.29, 1.82) is 0 Å². The van der Waals surface area contributed by atoms with Crippen molar-refractivity contribution in [2.45, 2.75) is 6.42 Å². The predicted octanol–water partition coefficient (Wildman–Crippen LogP) is 2.28. The van der Waals surface area contributed by atoms with Gasteiger partial charge in [-0.15, -0.1) is 0 Å². The van der Waals surface area contributed by atoms with Crippen LogP contribution in [0.5, 0.6) is 0 Å². The van der Waals surface area contributed by atoms with Gasteiger partial charge in [-0.05, 0) is 18.2 Å². The summed E-state index contributed by atoms with van der Waals surface area (Å²) in [5.74, 6) is -0.292. The summed E-state index contributed by atoms with van der Waals surface area (Å²) >= 11 is 5.92. The number of rotatable bonds is 5. The van der Waals surface area contributed by atoms with Gasteiger partial charge in [-0.3, -0.25) is 14.9 Å². The molecule has 0 bridgehead atoms. The molecule has 0 aliphatic rings. The quantitative estimate of drug-likeness (QED) is 0.520. The van der Waals surface area contributed by atoms with E-state index >= 15 is 0 Å². The summed E-state index contributed by atoms with van der Waals surface area (Å²) in [6.45, 7) is 0. The zero-order valence-corrected chi connectivity index (χ0v) is 12.4. The van der Waals surface area contributed by atoms with Gasteiger partial charge in [0.25, 0.3) is 5.69 Å². The van der Waals surface area contributed by atoms with Gasteiger partial charge in [0.1, 0.15) is 0 Å². The summed E-state index contributed by atoms with van der Waals surface area (Å²) in [5.41, 5.74) is 3.47. The van der Waals surface area contributed by atoms with E-state index in [1.807, 2.05) is 29.9 Å². The molecule has 2 rings (SSSR count). The van der Waals surface area contributed by atoms with Crippen LogP contribution in [0.4, 0.5) is 5.69 Å². The molecule has 1 amide bonds. The zero-order chi connectivity index (χ0) is 16.1. The standard InChI is InChI=1S/C14H13ClN4O3/c1-18-6-2-3-11(18)8-14(20)17-16-9-10-7-12(19(21)22)4-5-13(10)15/h2-7,9H,8H2,1H3,(H,17,20)/b16-9+. The molecule has 2 aromatic rings. The third-order valence-electron chi connectivity index (χ3n) is 2.98. The van der Waals surface area contributed by atoms with Gasteiger partial charge < -0.3 is 4.57 Å². The number of nitro benzene ring substituents is 1. The van der Waals surface area contributed by atoms with Crippen LogP contribution in [0.15, 0.2) is 41.6 Å². The van der Waals surface area contributed by atoms with Crippen LogP contribution in [0.2, 0.25) is 5.02 Å². The molecule has 0 aliphatic heterocycles. The molecule has 7 nitrogen and oxygen atoms in total. The molecular formula is C14H13ClN4O3. The molecule has 114 valence electrons. The van der Waals surface area contributed by atoms with Gasteiger partial charge in [0, 0.05) is 41.7 Å². The topological polar surface area (TPSA) is 89.5 Å². The number of carbonyl (C=O) groups is 1. The fourth-order valence-corrected chi connectivity index (χ4v) is 1.97. The van der Waals surface area contributed by atoms with Crippen molar-refractivity contribution >= 4 is 29.4 Å². The first-order chi connectivity index (χ1) is 10.5. The van der Waals surface area contributed by atoms with Gasteiger partial charge in [0.05, 0.1) is 17.6 Å². The lowest BCUT2D eigenvalue weighted by Crippen LogP contribution is -2.20. The van der Waals surface area contributed by atoms with Crippen molar-refractivity contribution in [3.05, 3.63) is 62.9 Å². The molecule has 1 heterocycles. The number of hydrogen-bond donors (Lipinski definition) is 1. The van der Waals surface area contributed by atoms with E-state index in [1.54, 1.807) is 0 Å². The number of aryl methyl sites for hydroxylation is 1. The smallest absolute Gasteiger partial charge is 0.270 e. The first-order valence-corrected chi connectivity index (χ1v) is 6.71. The molecule has 0 unspecified atom stereocenters. The first-order valence-electron chi connectivity index (χ1n) is 6.33. The molecule has 0 spiro atoms. The highest BCUT2D eigenvalue weighted by Crippen LogP contribution is 2.20. The highest BCUT2D eigenvalue weighted by molar-refractivity contribution is 6.33. The maximum Gasteiger partial charge on any atom is 0.270 e. The minimum absolute atomic E-state index is 0.0963. The van der Waals surface area contributed by atoms with E-state index in [1.165, 1.54) is 24.4 Å². The summed E-state index contributed by atoms with van der Waals surface area (Å²) < 4.78 is 1.83. The number of halogens is 1. The number of hydrazone groups is 1. The number of benzene rings is 1. The number of aromatic nitrogens is 1. The Hall–Kier alpha value is -2.67. The van der Waals surface area contributed by atoms with E-state index in [-0.39, 0.29) is 18.0 Å². The summed E-state index contributed by atoms with van der Waals surface area (Å²) in [6.07, 6.45) is 3.30. The summed E-state index contributed by atoms with van der Waals surface area (Å²) in [7, 11) is 1.84. The molecule has 0 atom stereocenters. The van der Waals surface area contributed by atoms with E-state index < -0.39 is 4.92 Å². The average molecular weight is 321 g/mol. The van der Waals surface area contributed by atoms with Gasteiger partial charge in [-0.25, -0.2) is 5.43 Å². The summed E-state index contributed by atoms with van der Waals surface area (Å²) in [5, 5.41) is 14.8. The average Bonchev–Trinajstić information content (AvgIpc) is 2.86. The number of nitro groups is 1. The van der Waals surface area contributed by atoms with Gasteiger partial charge in [-0.1, -0.05) is 11.6 Å². The molecule has 0 saturated carbocycles. The molecule has 0 radical (unpaired) electrons. The fourth-order valence-electron chi connectivity index (χ4n) is 1.80. The first kappa shape index (κ1) is 15.7. The van der Waals surface area contributed by atoms with Gasteiger partial charge in [0.15, 0.2) is 0 Å². The van der Waals surface area contributed by atoms with Crippen molar-refractivity contribution in [2.75, 3.05) is 0 Å². The minimum atomic E-state index is -0.526. The number of nitrogens with zero attached hydrogens (tertiary/aromatic N) is 3. The Morgan fingerprint density at radius 2 is 2.27 bits per heavy atom. The molecule has 22 heavy (non-hydrogen) atoms. The predicted molar refractivity (Wildman–Crippen MR) is 83.0 cm³/mol. The number of nitrogens with one attached hydrogen (secondary N) is 1. The zero-order valence-electron chi connectivity index (χ0n) is 11.7. The molecule has 0 fully saturated rings. The number of hydrogen-bond acceptors (Lipinski definition) is 4. The molecule has 1 N–H and O–H groups in total. The van der Waals surface area contributed by atoms with Crippen LogP contribution in [0.25, 0.3) is 0 Å². The molecule has 0 aliphatic carbocycles. The highest BCUT2D eigenvalue weighted by Gasteiger charge is 2.08. The molecular weight excluding hydrogens is 308 g/mol. The van der Waals surface area contributed by atoms with Crippen LogP contribution in [0, 0.1) is 10.1 Å². The Bertz CT molecular complexity index is 739. The second-order valence-corrected chi connectivity index (χ2v) is 4.95. The third-order valence-corrected chi connectivity index (χ3v) is 3.32. The Morgan fingerprint density at radius 1 is 1.50 bits per heavy atom. The van der Waals surface area contributed by atoms with Gasteiger partial charge >= 0.3 is 0 Å². The van der Waals surface area contributed by atoms with E-state index in [9.17, 15) is 14.9 Å². The number of amides is 1. The van der Waals surface area contributed by atoms with Crippen LogP contribution >= 0.6 is 11.6 Å². The molecule has 1 aromatic carbocycles. The largest absolute Gasteiger partial charge is 0.354 e. The lowest BCUT2D eigenvalue weighted by molar-refractivity contribution is -0.384. The van der Waals surface area contributed by atoms with Crippen molar-refractivity contribution in [2.24, 2.45) is 12.1 Å². The minimum Gasteiger partial charge on any atom is -0.354 e. The molecule has 8 heteroatoms. The Labute approximate surface area is 131 Å². The van der Waals surface area contributed by atoms with E-state index in [0.29, 0.717) is 10.6 Å². The van der Waals surface area contributed by atoms with Gasteiger partial charge in [-0.2, -0.15) is 5.10 Å². The number of non-ortho nitro benzene ring substituents is 1. The second-order valence-electron chi connectivity index (χ2n) is 4.54. The summed E-state index contributed by atoms with van der Waals surface area (Å²) in [6, 6.07) is 7.67. The highest BCUT2D eigenvalue weighted by atomic mass is 35.5. The lowest BCUT2D eigenvalue weighted by Gasteiger charge is -2.02. The van der Waals surface area contributed by atoms with Crippen molar-refractivity contribution in [3.8, 4) is 0 Å². The van der Waals surface area contributed by atoms with Crippen LogP contribution in [-0.4, -0.2) is 21.6 Å². The van der Waals surface area contributed by atoms with Crippen LogP contribution < -0.4 is 5.43 Å². The fraction of sp³-hybridized carbons (Fsp3) is 0.143. The van der Waals surface area contributed by atoms with Gasteiger partial charge in [0.2, 0.25) is 5.91 Å². The maximum absolute atomic E-state index is 11.7. The lowest BCUT2D eigenvalue weighted by atomic mass is 10.2. The number of carbonyl (C=O) groups excluding carboxylic acids is 1. The van der Waals surface area contributed by atoms with E-state index in [4.69, 9.17) is 11.6 Å². The van der Waals surface area contributed by atoms with Crippen molar-refractivity contribution in [3.63, 3.8) is 0 Å². The van der Waals surface area contributed by atoms with Crippen LogP contribution in [-0.2, 0) is 18.3 Å². The Kier molecular flexibility index (Phi) is 4.90. The van der Waals surface area contributed by atoms with E-state index in [2.05, 4.69) is 10.5 Å². The third kappa shape index (κ3) is 3.92. The monoisotopic (exact) mass is 320 g/mol. The van der Waals surface area contributed by atoms with Crippen LogP contribution in [0.1, 0.15) is 11.3 Å². The maximum atomic E-state index is 11.7.